The lowest BCUT2D eigenvalue weighted by Gasteiger charge is -2.10. The molecule has 2 saturated carbocycles. The molecule has 5 atom stereocenters. The van der Waals surface area contributed by atoms with Crippen molar-refractivity contribution >= 4 is 0 Å². The Labute approximate surface area is 83.1 Å². The van der Waals surface area contributed by atoms with Crippen molar-refractivity contribution in [3.63, 3.8) is 0 Å². The highest BCUT2D eigenvalue weighted by molar-refractivity contribution is 4.95. The molecule has 0 saturated heterocycles. The van der Waals surface area contributed by atoms with Crippen molar-refractivity contribution in [2.24, 2.45) is 29.6 Å². The monoisotopic (exact) mass is 180 g/mol. The summed E-state index contributed by atoms with van der Waals surface area (Å²) in [6.07, 6.45) is 7.51. The second kappa shape index (κ2) is 3.63. The van der Waals surface area contributed by atoms with E-state index in [0.29, 0.717) is 0 Å². The lowest BCUT2D eigenvalue weighted by molar-refractivity contribution is 0.402. The third-order valence-electron chi connectivity index (χ3n) is 4.72. The van der Waals surface area contributed by atoms with Crippen molar-refractivity contribution in [3.8, 4) is 0 Å². The number of hydrogen-bond acceptors (Lipinski definition) is 0. The fraction of sp³-hybridized carbons (Fsp3) is 1.00. The Balaban J connectivity index is 1.84. The van der Waals surface area contributed by atoms with E-state index in [0.717, 1.165) is 29.6 Å². The van der Waals surface area contributed by atoms with Crippen molar-refractivity contribution in [2.75, 3.05) is 0 Å². The van der Waals surface area contributed by atoms with Gasteiger partial charge in [0.2, 0.25) is 0 Å². The first kappa shape index (κ1) is 9.55. The van der Waals surface area contributed by atoms with Crippen LogP contribution >= 0.6 is 0 Å². The summed E-state index contributed by atoms with van der Waals surface area (Å²) < 4.78 is 0. The Kier molecular flexibility index (Phi) is 2.67. The summed E-state index contributed by atoms with van der Waals surface area (Å²) in [5, 5.41) is 0. The molecule has 0 radical (unpaired) electrons. The quantitative estimate of drug-likeness (QED) is 0.613. The summed E-state index contributed by atoms with van der Waals surface area (Å²) in [6, 6.07) is 0. The van der Waals surface area contributed by atoms with Crippen LogP contribution in [0.3, 0.4) is 0 Å². The first-order chi connectivity index (χ1) is 6.26. The highest BCUT2D eigenvalue weighted by atomic mass is 14.5. The summed E-state index contributed by atoms with van der Waals surface area (Å²) in [5.74, 6) is 5.46. The van der Waals surface area contributed by atoms with E-state index < -0.39 is 0 Å². The van der Waals surface area contributed by atoms with E-state index in [-0.39, 0.29) is 0 Å². The van der Waals surface area contributed by atoms with Gasteiger partial charge in [-0.1, -0.05) is 33.6 Å². The predicted octanol–water partition coefficient (Wildman–Crippen LogP) is 4.10. The van der Waals surface area contributed by atoms with Gasteiger partial charge in [-0.3, -0.25) is 0 Å². The highest BCUT2D eigenvalue weighted by Gasteiger charge is 2.45. The molecule has 0 N–H and O–H groups in total. The van der Waals surface area contributed by atoms with Gasteiger partial charge in [0.15, 0.2) is 0 Å². The normalized spacial score (nSPS) is 49.6. The van der Waals surface area contributed by atoms with Crippen molar-refractivity contribution in [2.45, 2.75) is 52.9 Å². The zero-order valence-electron chi connectivity index (χ0n) is 9.42. The average Bonchev–Trinajstić information content (AvgIpc) is 2.83. The van der Waals surface area contributed by atoms with Gasteiger partial charge in [0, 0.05) is 0 Å². The summed E-state index contributed by atoms with van der Waals surface area (Å²) in [7, 11) is 0. The maximum atomic E-state index is 2.47. The molecule has 0 heteroatoms. The van der Waals surface area contributed by atoms with Crippen LogP contribution < -0.4 is 0 Å². The fourth-order valence-electron chi connectivity index (χ4n) is 3.62. The van der Waals surface area contributed by atoms with Crippen LogP contribution in [-0.2, 0) is 0 Å². The highest BCUT2D eigenvalue weighted by Crippen LogP contribution is 2.54. The SMILES string of the molecule is CCC1CC(C2CC2CC)CC1C. The van der Waals surface area contributed by atoms with E-state index in [9.17, 15) is 0 Å². The van der Waals surface area contributed by atoms with Crippen LogP contribution in [0.1, 0.15) is 52.9 Å². The van der Waals surface area contributed by atoms with E-state index in [1.165, 1.54) is 12.8 Å². The van der Waals surface area contributed by atoms with E-state index >= 15 is 0 Å². The Morgan fingerprint density at radius 3 is 2.08 bits per heavy atom. The van der Waals surface area contributed by atoms with Crippen LogP contribution in [0.5, 0.6) is 0 Å². The molecule has 2 aliphatic rings. The molecule has 0 aliphatic heterocycles. The van der Waals surface area contributed by atoms with Crippen molar-refractivity contribution < 1.29 is 0 Å². The lowest BCUT2D eigenvalue weighted by atomic mass is 9.95. The topological polar surface area (TPSA) is 0 Å². The van der Waals surface area contributed by atoms with Gasteiger partial charge in [-0.2, -0.15) is 0 Å². The first-order valence-electron chi connectivity index (χ1n) is 6.26. The molecule has 76 valence electrons. The van der Waals surface area contributed by atoms with Crippen LogP contribution in [0, 0.1) is 29.6 Å². The molecule has 2 fully saturated rings. The van der Waals surface area contributed by atoms with Crippen LogP contribution in [0.2, 0.25) is 0 Å². The van der Waals surface area contributed by atoms with Crippen LogP contribution in [0.4, 0.5) is 0 Å². The summed E-state index contributed by atoms with van der Waals surface area (Å²) in [6.45, 7) is 7.20. The van der Waals surface area contributed by atoms with E-state index in [2.05, 4.69) is 20.8 Å². The van der Waals surface area contributed by atoms with Gasteiger partial charge in [0.25, 0.3) is 0 Å². The maximum absolute atomic E-state index is 2.47. The molecule has 0 bridgehead atoms. The fourth-order valence-corrected chi connectivity index (χ4v) is 3.62. The van der Waals surface area contributed by atoms with Gasteiger partial charge < -0.3 is 0 Å². The van der Waals surface area contributed by atoms with Gasteiger partial charge in [-0.05, 0) is 48.9 Å². The van der Waals surface area contributed by atoms with Gasteiger partial charge in [-0.25, -0.2) is 0 Å². The summed E-state index contributed by atoms with van der Waals surface area (Å²) in [5.41, 5.74) is 0. The van der Waals surface area contributed by atoms with Gasteiger partial charge in [0.05, 0.1) is 0 Å². The van der Waals surface area contributed by atoms with Crippen LogP contribution in [0.25, 0.3) is 0 Å². The molecule has 0 aromatic carbocycles. The number of hydrogen-bond donors (Lipinski definition) is 0. The Hall–Kier alpha value is 0. The van der Waals surface area contributed by atoms with Crippen molar-refractivity contribution in [3.05, 3.63) is 0 Å². The number of rotatable bonds is 3. The molecule has 0 aromatic heterocycles. The Morgan fingerprint density at radius 1 is 0.923 bits per heavy atom. The molecular formula is C13H24. The van der Waals surface area contributed by atoms with Crippen LogP contribution in [-0.4, -0.2) is 0 Å². The van der Waals surface area contributed by atoms with Crippen molar-refractivity contribution in [1.82, 2.24) is 0 Å². The van der Waals surface area contributed by atoms with E-state index in [1.54, 1.807) is 19.3 Å². The Bertz CT molecular complexity index is 173. The lowest BCUT2D eigenvalue weighted by Crippen LogP contribution is -2.00. The average molecular weight is 180 g/mol. The molecule has 0 spiro atoms. The summed E-state index contributed by atoms with van der Waals surface area (Å²) >= 11 is 0. The molecule has 5 unspecified atom stereocenters. The molecule has 0 aromatic rings. The molecule has 2 aliphatic carbocycles. The zero-order chi connectivity index (χ0) is 9.42. The molecule has 0 amide bonds. The van der Waals surface area contributed by atoms with Crippen molar-refractivity contribution in [1.29, 1.82) is 0 Å². The second-order valence-electron chi connectivity index (χ2n) is 5.44. The van der Waals surface area contributed by atoms with Gasteiger partial charge in [-0.15, -0.1) is 0 Å². The van der Waals surface area contributed by atoms with Gasteiger partial charge in [0.1, 0.15) is 0 Å². The smallest absolute Gasteiger partial charge is 0.0354 e. The maximum Gasteiger partial charge on any atom is -0.0354 e. The zero-order valence-corrected chi connectivity index (χ0v) is 9.42. The third kappa shape index (κ3) is 1.78. The molecule has 0 nitrogen and oxygen atoms in total. The van der Waals surface area contributed by atoms with Crippen LogP contribution in [0.15, 0.2) is 0 Å². The molecule has 2 rings (SSSR count). The standard InChI is InChI=1S/C13H24/c1-4-10-7-12(6-9(10)3)13-8-11(13)5-2/h9-13H,4-8H2,1-3H3. The minimum Gasteiger partial charge on any atom is -0.0651 e. The minimum absolute atomic E-state index is 1.02. The van der Waals surface area contributed by atoms with E-state index in [1.807, 2.05) is 0 Å². The van der Waals surface area contributed by atoms with E-state index in [4.69, 9.17) is 0 Å². The second-order valence-corrected chi connectivity index (χ2v) is 5.44. The molecule has 13 heavy (non-hydrogen) atoms. The molecule has 0 heterocycles. The largest absolute Gasteiger partial charge is 0.0651 e. The van der Waals surface area contributed by atoms with Gasteiger partial charge >= 0.3 is 0 Å². The minimum atomic E-state index is 1.02. The predicted molar refractivity (Wildman–Crippen MR) is 57.6 cm³/mol. The Morgan fingerprint density at radius 2 is 1.62 bits per heavy atom. The first-order valence-corrected chi connectivity index (χ1v) is 6.26. The third-order valence-corrected chi connectivity index (χ3v) is 4.72. The molecular weight excluding hydrogens is 156 g/mol. The summed E-state index contributed by atoms with van der Waals surface area (Å²) in [4.78, 5) is 0.